The average molecular weight is 226 g/mol. The summed E-state index contributed by atoms with van der Waals surface area (Å²) >= 11 is 0. The third kappa shape index (κ3) is 2.40. The van der Waals surface area contributed by atoms with Gasteiger partial charge in [0.1, 0.15) is 0 Å². The van der Waals surface area contributed by atoms with Crippen LogP contribution in [0, 0.1) is 0 Å². The third-order valence-corrected chi connectivity index (χ3v) is 4.12. The van der Waals surface area contributed by atoms with Crippen LogP contribution in [0.2, 0.25) is 0 Å². The molecular weight excluding hydrogens is 200 g/mol. The van der Waals surface area contributed by atoms with E-state index in [0.717, 1.165) is 38.1 Å². The molecule has 0 saturated carbocycles. The van der Waals surface area contributed by atoms with Crippen LogP contribution < -0.4 is 0 Å². The molecule has 1 rings (SSSR count). The largest absolute Gasteiger partial charge is 0.411 e. The van der Waals surface area contributed by atoms with Crippen molar-refractivity contribution in [3.05, 3.63) is 0 Å². The zero-order valence-electron chi connectivity index (χ0n) is 11.0. The molecule has 0 spiro atoms. The van der Waals surface area contributed by atoms with Crippen LogP contribution in [0.15, 0.2) is 5.16 Å². The van der Waals surface area contributed by atoms with Gasteiger partial charge >= 0.3 is 0 Å². The number of likely N-dealkylation sites (tertiary alicyclic amines) is 1. The summed E-state index contributed by atoms with van der Waals surface area (Å²) in [6, 6.07) is 0. The Morgan fingerprint density at radius 2 is 1.69 bits per heavy atom. The Balaban J connectivity index is 2.93. The number of piperidine rings is 1. The molecule has 0 aromatic heterocycles. The van der Waals surface area contributed by atoms with Crippen molar-refractivity contribution in [2.45, 2.75) is 64.8 Å². The highest BCUT2D eigenvalue weighted by molar-refractivity contribution is 5.92. The molecule has 16 heavy (non-hydrogen) atoms. The van der Waals surface area contributed by atoms with Gasteiger partial charge < -0.3 is 5.21 Å². The van der Waals surface area contributed by atoms with Crippen LogP contribution in [-0.4, -0.2) is 34.4 Å². The van der Waals surface area contributed by atoms with Gasteiger partial charge in [-0.2, -0.15) is 0 Å². The molecule has 0 unspecified atom stereocenters. The Bertz CT molecular complexity index is 228. The summed E-state index contributed by atoms with van der Waals surface area (Å²) in [6.07, 6.45) is 6.83. The Kier molecular flexibility index (Phi) is 5.26. The Morgan fingerprint density at radius 1 is 1.12 bits per heavy atom. The van der Waals surface area contributed by atoms with E-state index in [-0.39, 0.29) is 5.54 Å². The van der Waals surface area contributed by atoms with Crippen molar-refractivity contribution < 1.29 is 5.21 Å². The number of oxime groups is 1. The predicted molar refractivity (Wildman–Crippen MR) is 68.2 cm³/mol. The first kappa shape index (κ1) is 13.5. The zero-order valence-corrected chi connectivity index (χ0v) is 11.0. The van der Waals surface area contributed by atoms with Crippen LogP contribution in [0.5, 0.6) is 0 Å². The fourth-order valence-electron chi connectivity index (χ4n) is 3.10. The topological polar surface area (TPSA) is 35.8 Å². The second-order valence-electron chi connectivity index (χ2n) is 4.69. The molecule has 3 nitrogen and oxygen atoms in total. The Labute approximate surface area is 99.5 Å². The van der Waals surface area contributed by atoms with E-state index < -0.39 is 0 Å². The van der Waals surface area contributed by atoms with Crippen molar-refractivity contribution in [3.63, 3.8) is 0 Å². The van der Waals surface area contributed by atoms with Gasteiger partial charge in [-0.15, -0.1) is 0 Å². The normalized spacial score (nSPS) is 20.1. The minimum absolute atomic E-state index is 0.00389. The Morgan fingerprint density at radius 3 is 2.06 bits per heavy atom. The van der Waals surface area contributed by atoms with E-state index in [4.69, 9.17) is 0 Å². The first-order chi connectivity index (χ1) is 7.75. The van der Waals surface area contributed by atoms with E-state index in [0.29, 0.717) is 0 Å². The van der Waals surface area contributed by atoms with Crippen LogP contribution in [0.3, 0.4) is 0 Å². The maximum Gasteiger partial charge on any atom is 0.0770 e. The summed E-state index contributed by atoms with van der Waals surface area (Å²) in [4.78, 5) is 2.54. The van der Waals surface area contributed by atoms with Gasteiger partial charge in [-0.25, -0.2) is 0 Å². The molecule has 1 aliphatic rings. The molecule has 0 atom stereocenters. The molecule has 1 saturated heterocycles. The van der Waals surface area contributed by atoms with Crippen molar-refractivity contribution >= 4 is 5.71 Å². The summed E-state index contributed by atoms with van der Waals surface area (Å²) in [5.74, 6) is 0. The first-order valence-electron chi connectivity index (χ1n) is 6.71. The van der Waals surface area contributed by atoms with Gasteiger partial charge in [0.05, 0.1) is 11.3 Å². The smallest absolute Gasteiger partial charge is 0.0770 e. The molecule has 1 N–H and O–H groups in total. The molecule has 1 heterocycles. The second kappa shape index (κ2) is 6.24. The fraction of sp³-hybridized carbons (Fsp3) is 0.923. The lowest BCUT2D eigenvalue weighted by atomic mass is 9.82. The van der Waals surface area contributed by atoms with E-state index in [1.165, 1.54) is 19.3 Å². The lowest BCUT2D eigenvalue weighted by Gasteiger charge is -2.45. The van der Waals surface area contributed by atoms with E-state index in [9.17, 15) is 5.21 Å². The van der Waals surface area contributed by atoms with Gasteiger partial charge in [-0.05, 0) is 45.2 Å². The highest BCUT2D eigenvalue weighted by atomic mass is 16.4. The minimum Gasteiger partial charge on any atom is -0.411 e. The van der Waals surface area contributed by atoms with Gasteiger partial charge in [0.15, 0.2) is 0 Å². The third-order valence-electron chi connectivity index (χ3n) is 4.12. The number of hydrogen-bond donors (Lipinski definition) is 1. The van der Waals surface area contributed by atoms with E-state index >= 15 is 0 Å². The lowest BCUT2D eigenvalue weighted by molar-refractivity contribution is 0.107. The highest BCUT2D eigenvalue weighted by Crippen LogP contribution is 2.30. The predicted octanol–water partition coefficient (Wildman–Crippen LogP) is 3.27. The van der Waals surface area contributed by atoms with E-state index in [1.807, 2.05) is 0 Å². The highest BCUT2D eigenvalue weighted by Gasteiger charge is 2.38. The van der Waals surface area contributed by atoms with E-state index in [1.54, 1.807) is 0 Å². The lowest BCUT2D eigenvalue weighted by Crippen LogP contribution is -2.55. The first-order valence-corrected chi connectivity index (χ1v) is 6.71. The van der Waals surface area contributed by atoms with Crippen molar-refractivity contribution in [3.8, 4) is 0 Å². The molecule has 0 bridgehead atoms. The summed E-state index contributed by atoms with van der Waals surface area (Å²) in [7, 11) is 0. The zero-order chi connectivity index (χ0) is 12.0. The summed E-state index contributed by atoms with van der Waals surface area (Å²) in [5.41, 5.74) is 0.962. The molecular formula is C13H26N2O. The molecule has 0 aromatic rings. The van der Waals surface area contributed by atoms with Crippen molar-refractivity contribution in [2.24, 2.45) is 5.16 Å². The van der Waals surface area contributed by atoms with Crippen molar-refractivity contribution in [1.82, 2.24) is 4.90 Å². The van der Waals surface area contributed by atoms with Gasteiger partial charge in [-0.1, -0.05) is 32.3 Å². The average Bonchev–Trinajstić information content (AvgIpc) is 2.37. The second-order valence-corrected chi connectivity index (χ2v) is 4.69. The molecule has 0 amide bonds. The summed E-state index contributed by atoms with van der Waals surface area (Å²) < 4.78 is 0. The van der Waals surface area contributed by atoms with Crippen molar-refractivity contribution in [2.75, 3.05) is 13.1 Å². The molecule has 3 heteroatoms. The molecule has 0 aliphatic carbocycles. The van der Waals surface area contributed by atoms with Crippen LogP contribution >= 0.6 is 0 Å². The summed E-state index contributed by atoms with van der Waals surface area (Å²) in [6.45, 7) is 8.80. The Hall–Kier alpha value is -0.570. The van der Waals surface area contributed by atoms with Gasteiger partial charge in [0.2, 0.25) is 0 Å². The standard InChI is InChI=1S/C13H26N2O/c1-4-12(14-16)13(5-2,6-3)15-10-8-7-9-11-15/h16H,4-11H2,1-3H3/b14-12+. The fourth-order valence-corrected chi connectivity index (χ4v) is 3.10. The SMILES string of the molecule is CC/C(=N\O)C(CC)(CC)N1CCCCC1. The molecule has 1 fully saturated rings. The molecule has 94 valence electrons. The minimum atomic E-state index is 0.00389. The van der Waals surface area contributed by atoms with Crippen LogP contribution in [0.1, 0.15) is 59.3 Å². The van der Waals surface area contributed by atoms with Gasteiger partial charge in [-0.3, -0.25) is 4.90 Å². The van der Waals surface area contributed by atoms with Gasteiger partial charge in [0.25, 0.3) is 0 Å². The molecule has 1 aliphatic heterocycles. The van der Waals surface area contributed by atoms with Crippen LogP contribution in [-0.2, 0) is 0 Å². The maximum absolute atomic E-state index is 9.22. The monoisotopic (exact) mass is 226 g/mol. The number of nitrogens with zero attached hydrogens (tertiary/aromatic N) is 2. The quantitative estimate of drug-likeness (QED) is 0.443. The summed E-state index contributed by atoms with van der Waals surface area (Å²) in [5, 5.41) is 12.8. The molecule has 0 aromatic carbocycles. The van der Waals surface area contributed by atoms with Crippen LogP contribution in [0.4, 0.5) is 0 Å². The van der Waals surface area contributed by atoms with Gasteiger partial charge in [0, 0.05) is 0 Å². The number of rotatable bonds is 5. The van der Waals surface area contributed by atoms with Crippen molar-refractivity contribution in [1.29, 1.82) is 0 Å². The maximum atomic E-state index is 9.22. The molecule has 0 radical (unpaired) electrons. The van der Waals surface area contributed by atoms with E-state index in [2.05, 4.69) is 30.8 Å². The number of hydrogen-bond acceptors (Lipinski definition) is 3. The van der Waals surface area contributed by atoms with Crippen LogP contribution in [0.25, 0.3) is 0 Å².